The van der Waals surface area contributed by atoms with Crippen LogP contribution in [0.15, 0.2) is 70.7 Å². The molecule has 164 valence electrons. The van der Waals surface area contributed by atoms with Gasteiger partial charge in [-0.1, -0.05) is 54.2 Å². The predicted molar refractivity (Wildman–Crippen MR) is 127 cm³/mol. The van der Waals surface area contributed by atoms with Gasteiger partial charge in [-0.3, -0.25) is 14.2 Å². The second-order valence-corrected chi connectivity index (χ2v) is 8.09. The van der Waals surface area contributed by atoms with Gasteiger partial charge in [0.1, 0.15) is 16.8 Å². The second kappa shape index (κ2) is 9.74. The third-order valence-electron chi connectivity index (χ3n) is 5.13. The number of nitrogens with zero attached hydrogens (tertiary/aromatic N) is 2. The number of aromatic amines is 1. The zero-order chi connectivity index (χ0) is 22.5. The van der Waals surface area contributed by atoms with Crippen LogP contribution in [0.5, 0.6) is 5.75 Å². The Hall–Kier alpha value is -3.52. The first-order valence-corrected chi connectivity index (χ1v) is 11.3. The van der Waals surface area contributed by atoms with E-state index in [1.165, 1.54) is 11.8 Å². The molecule has 0 unspecified atom stereocenters. The Bertz CT molecular complexity index is 1280. The summed E-state index contributed by atoms with van der Waals surface area (Å²) in [5.41, 5.74) is 3.78. The van der Waals surface area contributed by atoms with E-state index in [-0.39, 0.29) is 17.2 Å². The Labute approximate surface area is 189 Å². The Morgan fingerprint density at radius 1 is 1.16 bits per heavy atom. The van der Waals surface area contributed by atoms with Crippen molar-refractivity contribution in [2.45, 2.75) is 25.2 Å². The summed E-state index contributed by atoms with van der Waals surface area (Å²) in [6, 6.07) is 17.3. The summed E-state index contributed by atoms with van der Waals surface area (Å²) in [5, 5.41) is 3.44. The van der Waals surface area contributed by atoms with Gasteiger partial charge in [-0.15, -0.1) is 0 Å². The van der Waals surface area contributed by atoms with Gasteiger partial charge in [0.15, 0.2) is 5.16 Å². The van der Waals surface area contributed by atoms with Gasteiger partial charge in [0.25, 0.3) is 5.56 Å². The Morgan fingerprint density at radius 3 is 2.59 bits per heavy atom. The minimum atomic E-state index is -0.138. The van der Waals surface area contributed by atoms with Crippen LogP contribution in [0.4, 0.5) is 0 Å². The number of benzene rings is 2. The molecule has 0 fully saturated rings. The number of aromatic nitrogens is 3. The summed E-state index contributed by atoms with van der Waals surface area (Å²) in [4.78, 5) is 33.2. The summed E-state index contributed by atoms with van der Waals surface area (Å²) >= 11 is 1.26. The van der Waals surface area contributed by atoms with Crippen LogP contribution in [0.1, 0.15) is 12.5 Å². The van der Waals surface area contributed by atoms with Gasteiger partial charge < -0.3 is 15.0 Å². The monoisotopic (exact) mass is 448 g/mol. The number of rotatable bonds is 8. The fourth-order valence-corrected chi connectivity index (χ4v) is 4.31. The number of hydrogen-bond donors (Lipinski definition) is 2. The number of hydrogen-bond acceptors (Lipinski definition) is 5. The van der Waals surface area contributed by atoms with Gasteiger partial charge in [-0.25, -0.2) is 4.98 Å². The minimum absolute atomic E-state index is 0.125. The molecule has 2 N–H and O–H groups in total. The largest absolute Gasteiger partial charge is 0.497 e. The third kappa shape index (κ3) is 4.55. The lowest BCUT2D eigenvalue weighted by atomic mass is 10.1. The highest BCUT2D eigenvalue weighted by Gasteiger charge is 2.16. The molecule has 0 aliphatic heterocycles. The molecule has 8 heteroatoms. The fourth-order valence-electron chi connectivity index (χ4n) is 3.42. The molecule has 2 heterocycles. The van der Waals surface area contributed by atoms with Crippen LogP contribution in [0.2, 0.25) is 0 Å². The van der Waals surface area contributed by atoms with Crippen molar-refractivity contribution in [1.82, 2.24) is 19.9 Å². The van der Waals surface area contributed by atoms with E-state index >= 15 is 0 Å². The normalized spacial score (nSPS) is 10.9. The van der Waals surface area contributed by atoms with Gasteiger partial charge >= 0.3 is 0 Å². The molecule has 2 aromatic heterocycles. The van der Waals surface area contributed by atoms with Crippen molar-refractivity contribution in [3.8, 4) is 16.9 Å². The number of carbonyl (C=O) groups excluding carboxylic acids is 1. The maximum Gasteiger partial charge on any atom is 0.278 e. The zero-order valence-corrected chi connectivity index (χ0v) is 18.7. The standard InChI is InChI=1S/C24H24N4O3S/c1-3-28-23(30)22-21(19(14-26-22)17-7-5-4-6-8-17)27-24(28)32-15-20(29)25-13-16-9-11-18(31-2)12-10-16/h4-12,14,26H,3,13,15H2,1-2H3,(H,25,29). The van der Waals surface area contributed by atoms with Crippen LogP contribution in [0.3, 0.4) is 0 Å². The van der Waals surface area contributed by atoms with Crippen molar-refractivity contribution in [2.75, 3.05) is 12.9 Å². The highest BCUT2D eigenvalue weighted by atomic mass is 32.2. The average molecular weight is 449 g/mol. The molecule has 0 radical (unpaired) electrons. The highest BCUT2D eigenvalue weighted by Crippen LogP contribution is 2.27. The lowest BCUT2D eigenvalue weighted by Gasteiger charge is -2.11. The van der Waals surface area contributed by atoms with E-state index < -0.39 is 0 Å². The molecule has 7 nitrogen and oxygen atoms in total. The Kier molecular flexibility index (Phi) is 6.61. The van der Waals surface area contributed by atoms with E-state index in [0.29, 0.717) is 29.3 Å². The molecule has 4 aromatic rings. The molecular weight excluding hydrogens is 424 g/mol. The highest BCUT2D eigenvalue weighted by molar-refractivity contribution is 7.99. The van der Waals surface area contributed by atoms with Crippen molar-refractivity contribution in [1.29, 1.82) is 0 Å². The molecule has 0 bridgehead atoms. The summed E-state index contributed by atoms with van der Waals surface area (Å²) in [7, 11) is 1.62. The van der Waals surface area contributed by atoms with Crippen molar-refractivity contribution < 1.29 is 9.53 Å². The lowest BCUT2D eigenvalue weighted by molar-refractivity contribution is -0.118. The molecule has 4 rings (SSSR count). The molecule has 0 aliphatic rings. The van der Waals surface area contributed by atoms with Crippen LogP contribution in [-0.4, -0.2) is 33.3 Å². The first-order valence-electron chi connectivity index (χ1n) is 10.3. The SMILES string of the molecule is CCn1c(SCC(=O)NCc2ccc(OC)cc2)nc2c(-c3ccccc3)c[nH]c2c1=O. The molecule has 0 saturated heterocycles. The number of ether oxygens (including phenoxy) is 1. The van der Waals surface area contributed by atoms with E-state index in [1.807, 2.05) is 67.7 Å². The molecule has 1 amide bonds. The van der Waals surface area contributed by atoms with Crippen LogP contribution in [-0.2, 0) is 17.9 Å². The summed E-state index contributed by atoms with van der Waals surface area (Å²) < 4.78 is 6.74. The summed E-state index contributed by atoms with van der Waals surface area (Å²) in [6.07, 6.45) is 1.81. The Morgan fingerprint density at radius 2 is 1.91 bits per heavy atom. The van der Waals surface area contributed by atoms with Gasteiger partial charge in [-0.05, 0) is 30.2 Å². The molecule has 0 aliphatic carbocycles. The smallest absolute Gasteiger partial charge is 0.278 e. The average Bonchev–Trinajstić information content (AvgIpc) is 3.26. The molecule has 32 heavy (non-hydrogen) atoms. The predicted octanol–water partition coefficient (Wildman–Crippen LogP) is 3.83. The first-order chi connectivity index (χ1) is 15.6. The molecular formula is C24H24N4O3S. The lowest BCUT2D eigenvalue weighted by Crippen LogP contribution is -2.26. The minimum Gasteiger partial charge on any atom is -0.497 e. The van der Waals surface area contributed by atoms with Crippen molar-refractivity contribution >= 4 is 28.7 Å². The molecule has 0 atom stereocenters. The molecule has 0 spiro atoms. The fraction of sp³-hybridized carbons (Fsp3) is 0.208. The van der Waals surface area contributed by atoms with Gasteiger partial charge in [0, 0.05) is 24.8 Å². The zero-order valence-electron chi connectivity index (χ0n) is 17.9. The van der Waals surface area contributed by atoms with E-state index in [4.69, 9.17) is 9.72 Å². The quantitative estimate of drug-likeness (QED) is 0.316. The summed E-state index contributed by atoms with van der Waals surface area (Å²) in [6.45, 7) is 2.79. The number of methoxy groups -OCH3 is 1. The third-order valence-corrected chi connectivity index (χ3v) is 6.11. The number of nitrogens with one attached hydrogen (secondary N) is 2. The van der Waals surface area contributed by atoms with Crippen molar-refractivity contribution in [3.05, 3.63) is 76.7 Å². The maximum atomic E-state index is 13.0. The van der Waals surface area contributed by atoms with E-state index in [2.05, 4.69) is 10.3 Å². The molecule has 0 saturated carbocycles. The van der Waals surface area contributed by atoms with E-state index in [0.717, 1.165) is 22.4 Å². The van der Waals surface area contributed by atoms with Crippen LogP contribution in [0.25, 0.3) is 22.2 Å². The van der Waals surface area contributed by atoms with Crippen molar-refractivity contribution in [2.24, 2.45) is 0 Å². The topological polar surface area (TPSA) is 89.0 Å². The molecule has 2 aromatic carbocycles. The van der Waals surface area contributed by atoms with E-state index in [9.17, 15) is 9.59 Å². The van der Waals surface area contributed by atoms with Crippen LogP contribution in [0, 0.1) is 0 Å². The first kappa shape index (κ1) is 21.7. The number of fused-ring (bicyclic) bond motifs is 1. The second-order valence-electron chi connectivity index (χ2n) is 7.15. The van der Waals surface area contributed by atoms with Gasteiger partial charge in [-0.2, -0.15) is 0 Å². The van der Waals surface area contributed by atoms with Crippen molar-refractivity contribution in [3.63, 3.8) is 0 Å². The van der Waals surface area contributed by atoms with Crippen LogP contribution < -0.4 is 15.6 Å². The number of carbonyl (C=O) groups is 1. The van der Waals surface area contributed by atoms with E-state index in [1.54, 1.807) is 11.7 Å². The number of thioether (sulfide) groups is 1. The maximum absolute atomic E-state index is 13.0. The number of H-pyrrole nitrogens is 1. The van der Waals surface area contributed by atoms with Gasteiger partial charge in [0.05, 0.1) is 12.9 Å². The Balaban J connectivity index is 1.51. The van der Waals surface area contributed by atoms with Gasteiger partial charge in [0.2, 0.25) is 5.91 Å². The summed E-state index contributed by atoms with van der Waals surface area (Å²) in [5.74, 6) is 0.813. The van der Waals surface area contributed by atoms with Crippen LogP contribution >= 0.6 is 11.8 Å². The number of amides is 1.